The van der Waals surface area contributed by atoms with Gasteiger partial charge in [-0.3, -0.25) is 4.40 Å². The lowest BCUT2D eigenvalue weighted by molar-refractivity contribution is 0.204. The summed E-state index contributed by atoms with van der Waals surface area (Å²) in [5, 5.41) is 9.83. The van der Waals surface area contributed by atoms with Crippen molar-refractivity contribution in [1.82, 2.24) is 9.38 Å². The van der Waals surface area contributed by atoms with Crippen molar-refractivity contribution in [2.24, 2.45) is 17.8 Å². The van der Waals surface area contributed by atoms with Crippen LogP contribution in [0.25, 0.3) is 16.9 Å². The number of hydrogen-bond acceptors (Lipinski definition) is 5. The van der Waals surface area contributed by atoms with Crippen LogP contribution >= 0.6 is 0 Å². The van der Waals surface area contributed by atoms with Gasteiger partial charge in [0.15, 0.2) is 5.88 Å². The molecule has 0 N–H and O–H groups in total. The Bertz CT molecular complexity index is 1160. The van der Waals surface area contributed by atoms with Crippen LogP contribution in [0, 0.1) is 29.1 Å². The Kier molecular flexibility index (Phi) is 5.65. The molecule has 2 fully saturated rings. The highest BCUT2D eigenvalue weighted by Gasteiger charge is 2.33. The van der Waals surface area contributed by atoms with Gasteiger partial charge >= 0.3 is 0 Å². The Morgan fingerprint density at radius 3 is 2.62 bits per heavy atom. The minimum absolute atomic E-state index is 0.439. The van der Waals surface area contributed by atoms with Gasteiger partial charge < -0.3 is 14.2 Å². The third-order valence-corrected chi connectivity index (χ3v) is 7.00. The number of benzene rings is 1. The first-order valence-electron chi connectivity index (χ1n) is 11.5. The minimum atomic E-state index is 0.439. The Morgan fingerprint density at radius 1 is 1.06 bits per heavy atom. The molecule has 2 atom stereocenters. The molecule has 166 valence electrons. The zero-order valence-electron chi connectivity index (χ0n) is 18.7. The predicted molar refractivity (Wildman–Crippen MR) is 122 cm³/mol. The molecule has 0 spiro atoms. The molecule has 3 aromatic rings. The summed E-state index contributed by atoms with van der Waals surface area (Å²) in [4.78, 5) is 4.52. The maximum Gasteiger partial charge on any atom is 0.199 e. The topological polar surface area (TPSA) is 68.8 Å². The van der Waals surface area contributed by atoms with Crippen LogP contribution in [0.4, 0.5) is 0 Å². The van der Waals surface area contributed by atoms with Crippen LogP contribution in [0.1, 0.15) is 44.1 Å². The second kappa shape index (κ2) is 8.74. The summed E-state index contributed by atoms with van der Waals surface area (Å²) in [5.74, 6) is 4.02. The molecular formula is C26H29N3O3. The van der Waals surface area contributed by atoms with Crippen LogP contribution in [-0.4, -0.2) is 30.2 Å². The Balaban J connectivity index is 1.48. The van der Waals surface area contributed by atoms with Gasteiger partial charge in [-0.05, 0) is 54.9 Å². The highest BCUT2D eigenvalue weighted by Crippen LogP contribution is 2.44. The van der Waals surface area contributed by atoms with Crippen LogP contribution < -0.4 is 14.2 Å². The number of hydrogen-bond donors (Lipinski definition) is 0. The summed E-state index contributed by atoms with van der Waals surface area (Å²) in [6, 6.07) is 11.8. The van der Waals surface area contributed by atoms with Crippen molar-refractivity contribution < 1.29 is 14.2 Å². The van der Waals surface area contributed by atoms with Crippen LogP contribution in [0.15, 0.2) is 36.5 Å². The van der Waals surface area contributed by atoms with E-state index >= 15 is 0 Å². The van der Waals surface area contributed by atoms with Gasteiger partial charge in [0.05, 0.1) is 32.7 Å². The molecule has 2 aliphatic rings. The number of pyridine rings is 1. The zero-order chi connectivity index (χ0) is 22.1. The fourth-order valence-corrected chi connectivity index (χ4v) is 5.11. The maximum absolute atomic E-state index is 9.83. The molecule has 5 rings (SSSR count). The molecule has 2 heterocycles. The van der Waals surface area contributed by atoms with Crippen molar-refractivity contribution in [3.8, 4) is 34.7 Å². The van der Waals surface area contributed by atoms with Crippen molar-refractivity contribution in [3.63, 3.8) is 0 Å². The fourth-order valence-electron chi connectivity index (χ4n) is 5.11. The molecule has 6 nitrogen and oxygen atoms in total. The van der Waals surface area contributed by atoms with Gasteiger partial charge in [-0.15, -0.1) is 0 Å². The third-order valence-electron chi connectivity index (χ3n) is 7.00. The van der Waals surface area contributed by atoms with E-state index in [1.165, 1.54) is 38.5 Å². The van der Waals surface area contributed by atoms with Crippen LogP contribution in [0.5, 0.6) is 17.4 Å². The molecule has 32 heavy (non-hydrogen) atoms. The first kappa shape index (κ1) is 20.7. The average molecular weight is 432 g/mol. The quantitative estimate of drug-likeness (QED) is 0.472. The van der Waals surface area contributed by atoms with E-state index in [2.05, 4.69) is 11.1 Å². The van der Waals surface area contributed by atoms with Gasteiger partial charge in [-0.2, -0.15) is 5.26 Å². The maximum atomic E-state index is 9.83. The van der Waals surface area contributed by atoms with E-state index in [0.717, 1.165) is 28.7 Å². The van der Waals surface area contributed by atoms with E-state index in [1.807, 2.05) is 40.9 Å². The number of fused-ring (bicyclic) bond motifs is 1. The van der Waals surface area contributed by atoms with Gasteiger partial charge in [0.2, 0.25) is 0 Å². The van der Waals surface area contributed by atoms with Crippen molar-refractivity contribution in [1.29, 1.82) is 5.26 Å². The number of methoxy groups -OCH3 is 2. The lowest BCUT2D eigenvalue weighted by Gasteiger charge is -2.21. The monoisotopic (exact) mass is 431 g/mol. The fraction of sp³-hybridized carbons (Fsp3) is 0.462. The molecule has 1 aromatic carbocycles. The summed E-state index contributed by atoms with van der Waals surface area (Å²) in [6.45, 7) is 0.648. The molecule has 2 aliphatic carbocycles. The Morgan fingerprint density at radius 2 is 1.88 bits per heavy atom. The number of nitriles is 1. The molecule has 0 bridgehead atoms. The summed E-state index contributed by atoms with van der Waals surface area (Å²) in [6.07, 6.45) is 9.73. The van der Waals surface area contributed by atoms with E-state index < -0.39 is 0 Å². The van der Waals surface area contributed by atoms with E-state index in [9.17, 15) is 5.26 Å². The SMILES string of the molecule is COc1cc(-c2cnc3cccc(OC)n23)cc(OCC2CCCC2CC2CC2)c1C#N. The Labute approximate surface area is 188 Å². The first-order valence-corrected chi connectivity index (χ1v) is 11.5. The Hall–Kier alpha value is -3.20. The van der Waals surface area contributed by atoms with Gasteiger partial charge in [-0.1, -0.05) is 31.7 Å². The highest BCUT2D eigenvalue weighted by atomic mass is 16.5. The molecular weight excluding hydrogens is 402 g/mol. The average Bonchev–Trinajstić information content (AvgIpc) is 3.35. The second-order valence-corrected chi connectivity index (χ2v) is 9.01. The van der Waals surface area contributed by atoms with Crippen LogP contribution in [0.3, 0.4) is 0 Å². The van der Waals surface area contributed by atoms with E-state index in [4.69, 9.17) is 14.2 Å². The van der Waals surface area contributed by atoms with Crippen molar-refractivity contribution in [3.05, 3.63) is 42.1 Å². The minimum Gasteiger partial charge on any atom is -0.495 e. The van der Waals surface area contributed by atoms with Crippen molar-refractivity contribution >= 4 is 5.65 Å². The zero-order valence-corrected chi connectivity index (χ0v) is 18.7. The summed E-state index contributed by atoms with van der Waals surface area (Å²) in [7, 11) is 3.23. The molecule has 0 amide bonds. The molecule has 0 radical (unpaired) electrons. The largest absolute Gasteiger partial charge is 0.495 e. The van der Waals surface area contributed by atoms with E-state index in [1.54, 1.807) is 14.2 Å². The second-order valence-electron chi connectivity index (χ2n) is 9.01. The van der Waals surface area contributed by atoms with Crippen LogP contribution in [0.2, 0.25) is 0 Å². The van der Waals surface area contributed by atoms with Gasteiger partial charge in [0.25, 0.3) is 0 Å². The first-order chi connectivity index (χ1) is 15.7. The molecule has 2 unspecified atom stereocenters. The summed E-state index contributed by atoms with van der Waals surface area (Å²) >= 11 is 0. The number of nitrogens with zero attached hydrogens (tertiary/aromatic N) is 3. The smallest absolute Gasteiger partial charge is 0.199 e. The van der Waals surface area contributed by atoms with E-state index in [0.29, 0.717) is 35.5 Å². The standard InChI is InChI=1S/C26H29N3O3/c1-30-23-12-20(22-15-28-25-7-4-8-26(31-2)29(22)25)13-24(21(23)14-27)32-16-19-6-3-5-18(19)11-17-9-10-17/h4,7-8,12-13,15,17-19H,3,5-6,9-11,16H2,1-2H3. The molecule has 6 heteroatoms. The van der Waals surface area contributed by atoms with Crippen LogP contribution in [-0.2, 0) is 0 Å². The number of aromatic nitrogens is 2. The number of rotatable bonds is 8. The van der Waals surface area contributed by atoms with Gasteiger partial charge in [0, 0.05) is 5.56 Å². The van der Waals surface area contributed by atoms with Crippen molar-refractivity contribution in [2.75, 3.05) is 20.8 Å². The summed E-state index contributed by atoms with van der Waals surface area (Å²) < 4.78 is 19.4. The van der Waals surface area contributed by atoms with E-state index in [-0.39, 0.29) is 0 Å². The lowest BCUT2D eigenvalue weighted by atomic mass is 9.91. The number of ether oxygens (including phenoxy) is 3. The predicted octanol–water partition coefficient (Wildman–Crippen LogP) is 5.49. The molecule has 0 saturated heterocycles. The molecule has 2 saturated carbocycles. The highest BCUT2D eigenvalue weighted by molar-refractivity contribution is 5.71. The third kappa shape index (κ3) is 3.88. The molecule has 0 aliphatic heterocycles. The van der Waals surface area contributed by atoms with Crippen molar-refractivity contribution in [2.45, 2.75) is 38.5 Å². The van der Waals surface area contributed by atoms with Gasteiger partial charge in [0.1, 0.15) is 28.8 Å². The normalized spacial score (nSPS) is 20.3. The lowest BCUT2D eigenvalue weighted by Crippen LogP contribution is -2.17. The molecule has 2 aromatic heterocycles. The number of imidazole rings is 1. The summed E-state index contributed by atoms with van der Waals surface area (Å²) in [5.41, 5.74) is 2.96. The van der Waals surface area contributed by atoms with Gasteiger partial charge in [-0.25, -0.2) is 4.98 Å².